The Labute approximate surface area is 173 Å². The van der Waals surface area contributed by atoms with Crippen LogP contribution in [0.2, 0.25) is 0 Å². The Bertz CT molecular complexity index is 1170. The first-order chi connectivity index (χ1) is 13.2. The van der Waals surface area contributed by atoms with Gasteiger partial charge in [0.1, 0.15) is 5.65 Å². The Balaban J connectivity index is 1.52. The minimum atomic E-state index is 0.0208. The number of fused-ring (bicyclic) bond motifs is 2. The maximum absolute atomic E-state index is 13.1. The van der Waals surface area contributed by atoms with E-state index in [1.807, 2.05) is 40.2 Å². The number of thiophene rings is 1. The lowest BCUT2D eigenvalue weighted by atomic mass is 10.1. The van der Waals surface area contributed by atoms with Crippen molar-refractivity contribution >= 4 is 56.6 Å². The second kappa shape index (κ2) is 6.72. The number of amides is 1. The highest BCUT2D eigenvalue weighted by Crippen LogP contribution is 2.32. The number of carbonyl (C=O) groups is 1. The van der Waals surface area contributed by atoms with E-state index in [9.17, 15) is 4.79 Å². The van der Waals surface area contributed by atoms with Gasteiger partial charge in [-0.25, -0.2) is 4.98 Å². The molecule has 0 radical (unpaired) electrons. The molecule has 1 aliphatic heterocycles. The molecule has 5 nitrogen and oxygen atoms in total. The topological polar surface area (TPSA) is 51.0 Å². The molecule has 0 bridgehead atoms. The van der Waals surface area contributed by atoms with Gasteiger partial charge in [0.05, 0.1) is 23.1 Å². The van der Waals surface area contributed by atoms with Crippen LogP contribution in [0.3, 0.4) is 0 Å². The van der Waals surface area contributed by atoms with Gasteiger partial charge >= 0.3 is 0 Å². The lowest BCUT2D eigenvalue weighted by molar-refractivity contribution is 0.0985. The zero-order chi connectivity index (χ0) is 18.4. The number of carbonyl (C=O) groups excluding carboxylic acids is 1. The van der Waals surface area contributed by atoms with Crippen molar-refractivity contribution in [2.24, 2.45) is 0 Å². The van der Waals surface area contributed by atoms with Crippen LogP contribution in [0.25, 0.3) is 16.7 Å². The van der Waals surface area contributed by atoms with Gasteiger partial charge in [0, 0.05) is 39.5 Å². The van der Waals surface area contributed by atoms with Crippen molar-refractivity contribution in [1.82, 2.24) is 14.5 Å². The van der Waals surface area contributed by atoms with Gasteiger partial charge < -0.3 is 4.90 Å². The zero-order valence-electron chi connectivity index (χ0n) is 14.3. The molecule has 0 N–H and O–H groups in total. The van der Waals surface area contributed by atoms with Crippen LogP contribution < -0.4 is 4.90 Å². The summed E-state index contributed by atoms with van der Waals surface area (Å²) in [7, 11) is 0. The summed E-state index contributed by atoms with van der Waals surface area (Å²) in [5.41, 5.74) is 4.73. The van der Waals surface area contributed by atoms with E-state index < -0.39 is 0 Å². The van der Waals surface area contributed by atoms with E-state index in [1.54, 1.807) is 17.5 Å². The van der Waals surface area contributed by atoms with Crippen LogP contribution in [0.15, 0.2) is 53.7 Å². The molecule has 0 aromatic carbocycles. The predicted molar refractivity (Wildman–Crippen MR) is 116 cm³/mol. The van der Waals surface area contributed by atoms with Gasteiger partial charge in [0.25, 0.3) is 5.91 Å². The average molecular weight is 486 g/mol. The third-order valence-corrected chi connectivity index (χ3v) is 6.19. The number of aromatic nitrogens is 3. The summed E-state index contributed by atoms with van der Waals surface area (Å²) in [6, 6.07) is 5.98. The standard InChI is InChI=1S/C20H15IN4OS/c21-16-7-17(10-22-9-16)24-5-3-13-6-15(8-23-19(13)24)20(26)25-4-1-2-14-11-27-12-18(14)25/h3,5-12H,1-2,4H2. The summed E-state index contributed by atoms with van der Waals surface area (Å²) in [5, 5.41) is 5.16. The molecular formula is C20H15IN4OS. The maximum atomic E-state index is 13.1. The van der Waals surface area contributed by atoms with Crippen LogP contribution in [-0.4, -0.2) is 27.0 Å². The van der Waals surface area contributed by atoms with E-state index in [0.29, 0.717) is 5.56 Å². The molecule has 27 heavy (non-hydrogen) atoms. The van der Waals surface area contributed by atoms with Crippen molar-refractivity contribution in [1.29, 1.82) is 0 Å². The molecule has 1 amide bonds. The summed E-state index contributed by atoms with van der Waals surface area (Å²) in [6.07, 6.45) is 9.33. The van der Waals surface area contributed by atoms with Crippen molar-refractivity contribution in [3.63, 3.8) is 0 Å². The molecule has 5 rings (SSSR count). The van der Waals surface area contributed by atoms with E-state index in [2.05, 4.69) is 49.4 Å². The number of hydrogen-bond acceptors (Lipinski definition) is 4. The minimum absolute atomic E-state index is 0.0208. The Morgan fingerprint density at radius 3 is 3.00 bits per heavy atom. The molecule has 134 valence electrons. The third kappa shape index (κ3) is 2.94. The molecule has 0 aliphatic carbocycles. The fourth-order valence-electron chi connectivity index (χ4n) is 3.54. The highest BCUT2D eigenvalue weighted by Gasteiger charge is 2.24. The van der Waals surface area contributed by atoms with Crippen LogP contribution in [-0.2, 0) is 6.42 Å². The van der Waals surface area contributed by atoms with E-state index in [1.165, 1.54) is 5.56 Å². The molecule has 4 aromatic rings. The zero-order valence-corrected chi connectivity index (χ0v) is 17.3. The van der Waals surface area contributed by atoms with Crippen LogP contribution in [0, 0.1) is 3.57 Å². The summed E-state index contributed by atoms with van der Waals surface area (Å²) >= 11 is 3.90. The monoisotopic (exact) mass is 486 g/mol. The fourth-order valence-corrected chi connectivity index (χ4v) is 4.90. The van der Waals surface area contributed by atoms with Gasteiger partial charge in [0.15, 0.2) is 0 Å². The summed E-state index contributed by atoms with van der Waals surface area (Å²) in [6.45, 7) is 0.760. The second-order valence-electron chi connectivity index (χ2n) is 6.53. The SMILES string of the molecule is O=C(c1cnc2c(ccn2-c2cncc(I)c2)c1)N1CCCc2cscc21. The molecule has 0 unspecified atom stereocenters. The largest absolute Gasteiger partial charge is 0.307 e. The van der Waals surface area contributed by atoms with Crippen LogP contribution in [0.5, 0.6) is 0 Å². The first-order valence-corrected chi connectivity index (χ1v) is 10.7. The quantitative estimate of drug-likeness (QED) is 0.387. The number of hydrogen-bond donors (Lipinski definition) is 0. The third-order valence-electron chi connectivity index (χ3n) is 4.82. The summed E-state index contributed by atoms with van der Waals surface area (Å²) in [4.78, 5) is 23.8. The molecule has 1 aliphatic rings. The first-order valence-electron chi connectivity index (χ1n) is 8.66. The van der Waals surface area contributed by atoms with Gasteiger partial charge in [-0.3, -0.25) is 14.3 Å². The molecule has 0 atom stereocenters. The highest BCUT2D eigenvalue weighted by molar-refractivity contribution is 14.1. The number of nitrogens with zero attached hydrogens (tertiary/aromatic N) is 4. The van der Waals surface area contributed by atoms with Gasteiger partial charge in [-0.2, -0.15) is 0 Å². The molecule has 4 aromatic heterocycles. The van der Waals surface area contributed by atoms with Gasteiger partial charge in [-0.05, 0) is 64.6 Å². The molecule has 0 spiro atoms. The summed E-state index contributed by atoms with van der Waals surface area (Å²) in [5.74, 6) is 0.0208. The fraction of sp³-hybridized carbons (Fsp3) is 0.150. The maximum Gasteiger partial charge on any atom is 0.259 e. The van der Waals surface area contributed by atoms with Gasteiger partial charge in [-0.15, -0.1) is 11.3 Å². The predicted octanol–water partition coefficient (Wildman–Crippen LogP) is 4.68. The Morgan fingerprint density at radius 2 is 2.11 bits per heavy atom. The smallest absolute Gasteiger partial charge is 0.259 e. The van der Waals surface area contributed by atoms with Crippen molar-refractivity contribution < 1.29 is 4.79 Å². The number of aryl methyl sites for hydroxylation is 1. The molecule has 5 heterocycles. The molecule has 7 heteroatoms. The lowest BCUT2D eigenvalue weighted by Gasteiger charge is -2.27. The van der Waals surface area contributed by atoms with E-state index in [4.69, 9.17) is 0 Å². The number of rotatable bonds is 2. The van der Waals surface area contributed by atoms with Crippen LogP contribution >= 0.6 is 33.9 Å². The van der Waals surface area contributed by atoms with E-state index in [-0.39, 0.29) is 5.91 Å². The van der Waals surface area contributed by atoms with E-state index >= 15 is 0 Å². The van der Waals surface area contributed by atoms with Crippen molar-refractivity contribution in [3.8, 4) is 5.69 Å². The van der Waals surface area contributed by atoms with Gasteiger partial charge in [0.2, 0.25) is 0 Å². The van der Waals surface area contributed by atoms with Crippen LogP contribution in [0.4, 0.5) is 5.69 Å². The van der Waals surface area contributed by atoms with Gasteiger partial charge in [-0.1, -0.05) is 0 Å². The molecular weight excluding hydrogens is 471 g/mol. The van der Waals surface area contributed by atoms with Crippen molar-refractivity contribution in [3.05, 3.63) is 68.4 Å². The highest BCUT2D eigenvalue weighted by atomic mass is 127. The summed E-state index contributed by atoms with van der Waals surface area (Å²) < 4.78 is 3.06. The normalized spacial score (nSPS) is 13.7. The Morgan fingerprint density at radius 1 is 1.19 bits per heavy atom. The molecule has 0 fully saturated rings. The first kappa shape index (κ1) is 16.9. The lowest BCUT2D eigenvalue weighted by Crippen LogP contribution is -2.34. The average Bonchev–Trinajstić information content (AvgIpc) is 3.33. The Hall–Kier alpha value is -2.26. The number of halogens is 1. The number of pyridine rings is 2. The molecule has 0 saturated carbocycles. The minimum Gasteiger partial charge on any atom is -0.307 e. The van der Waals surface area contributed by atoms with Crippen molar-refractivity contribution in [2.75, 3.05) is 11.4 Å². The van der Waals surface area contributed by atoms with Crippen molar-refractivity contribution in [2.45, 2.75) is 12.8 Å². The second-order valence-corrected chi connectivity index (χ2v) is 8.52. The van der Waals surface area contributed by atoms with E-state index in [0.717, 1.165) is 45.4 Å². The Kier molecular flexibility index (Phi) is 4.20. The van der Waals surface area contributed by atoms with Crippen LogP contribution in [0.1, 0.15) is 22.3 Å². The number of anilines is 1. The molecule has 0 saturated heterocycles.